The van der Waals surface area contributed by atoms with Crippen LogP contribution in [0.5, 0.6) is 5.75 Å². The molecule has 6 heteroatoms. The lowest BCUT2D eigenvalue weighted by Crippen LogP contribution is -2.29. The Kier molecular flexibility index (Phi) is 8.29. The van der Waals surface area contributed by atoms with E-state index in [0.29, 0.717) is 12.3 Å². The van der Waals surface area contributed by atoms with Crippen molar-refractivity contribution in [2.45, 2.75) is 32.8 Å². The van der Waals surface area contributed by atoms with E-state index in [9.17, 15) is 14.0 Å². The van der Waals surface area contributed by atoms with E-state index in [-0.39, 0.29) is 30.5 Å². The molecule has 0 saturated carbocycles. The lowest BCUT2D eigenvalue weighted by Gasteiger charge is -2.11. The number of rotatable bonds is 10. The first-order chi connectivity index (χ1) is 13.1. The molecule has 0 aliphatic heterocycles. The molecule has 0 aliphatic carbocycles. The average molecular weight is 373 g/mol. The van der Waals surface area contributed by atoms with Gasteiger partial charge in [-0.05, 0) is 36.2 Å². The van der Waals surface area contributed by atoms with Crippen LogP contribution in [0.2, 0.25) is 0 Å². The van der Waals surface area contributed by atoms with E-state index in [1.807, 2.05) is 0 Å². The average Bonchev–Trinajstić information content (AvgIpc) is 2.69. The van der Waals surface area contributed by atoms with Crippen LogP contribution >= 0.6 is 0 Å². The largest absolute Gasteiger partial charge is 0.488 e. The van der Waals surface area contributed by atoms with Crippen molar-refractivity contribution in [1.82, 2.24) is 5.32 Å². The van der Waals surface area contributed by atoms with Gasteiger partial charge in [-0.3, -0.25) is 4.79 Å². The van der Waals surface area contributed by atoms with Crippen LogP contribution in [0.3, 0.4) is 0 Å². The molecule has 1 N–H and O–H groups in total. The van der Waals surface area contributed by atoms with Crippen molar-refractivity contribution in [1.29, 1.82) is 0 Å². The Balaban J connectivity index is 1.87. The monoisotopic (exact) mass is 373 g/mol. The fourth-order valence-corrected chi connectivity index (χ4v) is 2.37. The molecule has 0 aliphatic rings. The van der Waals surface area contributed by atoms with Crippen LogP contribution in [0.4, 0.5) is 4.39 Å². The standard InChI is InChI=1S/C21H24FNO4/c1-2-3-6-13-23-20(24)15-27-21(25)18-7-4-5-8-19(18)26-14-16-9-11-17(22)12-10-16/h4-5,7-12H,2-3,6,13-15H2,1H3,(H,23,24). The first kappa shape index (κ1) is 20.4. The highest BCUT2D eigenvalue weighted by Gasteiger charge is 2.15. The fourth-order valence-electron chi connectivity index (χ4n) is 2.37. The number of carbonyl (C=O) groups is 2. The van der Waals surface area contributed by atoms with Gasteiger partial charge in [-0.25, -0.2) is 9.18 Å². The van der Waals surface area contributed by atoms with E-state index >= 15 is 0 Å². The summed E-state index contributed by atoms with van der Waals surface area (Å²) in [4.78, 5) is 24.0. The molecule has 2 aromatic rings. The van der Waals surface area contributed by atoms with Gasteiger partial charge in [0.05, 0.1) is 0 Å². The molecule has 0 fully saturated rings. The van der Waals surface area contributed by atoms with Gasteiger partial charge >= 0.3 is 5.97 Å². The fraction of sp³-hybridized carbons (Fsp3) is 0.333. The Morgan fingerprint density at radius 3 is 2.52 bits per heavy atom. The molecular weight excluding hydrogens is 349 g/mol. The molecule has 27 heavy (non-hydrogen) atoms. The summed E-state index contributed by atoms with van der Waals surface area (Å²) in [5.41, 5.74) is 1.00. The van der Waals surface area contributed by atoms with Crippen LogP contribution in [-0.2, 0) is 16.1 Å². The first-order valence-corrected chi connectivity index (χ1v) is 9.00. The molecule has 0 radical (unpaired) electrons. The SMILES string of the molecule is CCCCCNC(=O)COC(=O)c1ccccc1OCc1ccc(F)cc1. The predicted octanol–water partition coefficient (Wildman–Crippen LogP) is 3.87. The van der Waals surface area contributed by atoms with Gasteiger partial charge in [0.25, 0.3) is 5.91 Å². The maximum atomic E-state index is 13.0. The van der Waals surface area contributed by atoms with Gasteiger partial charge in [-0.1, -0.05) is 44.0 Å². The van der Waals surface area contributed by atoms with Crippen molar-refractivity contribution in [2.75, 3.05) is 13.2 Å². The molecule has 2 aromatic carbocycles. The Morgan fingerprint density at radius 2 is 1.78 bits per heavy atom. The van der Waals surface area contributed by atoms with Crippen LogP contribution in [0.15, 0.2) is 48.5 Å². The number of carbonyl (C=O) groups excluding carboxylic acids is 2. The molecule has 0 atom stereocenters. The maximum Gasteiger partial charge on any atom is 0.342 e. The van der Waals surface area contributed by atoms with Gasteiger partial charge < -0.3 is 14.8 Å². The summed E-state index contributed by atoms with van der Waals surface area (Å²) >= 11 is 0. The Hall–Kier alpha value is -2.89. The van der Waals surface area contributed by atoms with Gasteiger partial charge in [0.15, 0.2) is 6.61 Å². The quantitative estimate of drug-likeness (QED) is 0.507. The van der Waals surface area contributed by atoms with Crippen molar-refractivity contribution in [3.8, 4) is 5.75 Å². The number of hydrogen-bond donors (Lipinski definition) is 1. The van der Waals surface area contributed by atoms with Gasteiger partial charge in [0.2, 0.25) is 0 Å². The highest BCUT2D eigenvalue weighted by molar-refractivity contribution is 5.93. The van der Waals surface area contributed by atoms with Gasteiger partial charge in [0, 0.05) is 6.54 Å². The van der Waals surface area contributed by atoms with E-state index in [4.69, 9.17) is 9.47 Å². The zero-order valence-electron chi connectivity index (χ0n) is 15.4. The summed E-state index contributed by atoms with van der Waals surface area (Å²) in [6.45, 7) is 2.50. The van der Waals surface area contributed by atoms with Crippen LogP contribution in [-0.4, -0.2) is 25.0 Å². The molecule has 0 aromatic heterocycles. The molecule has 0 spiro atoms. The predicted molar refractivity (Wildman–Crippen MR) is 100.0 cm³/mol. The molecule has 0 unspecified atom stereocenters. The van der Waals surface area contributed by atoms with Crippen molar-refractivity contribution in [3.05, 3.63) is 65.5 Å². The minimum absolute atomic E-state index is 0.183. The van der Waals surface area contributed by atoms with Crippen LogP contribution in [0, 0.1) is 5.82 Å². The summed E-state index contributed by atoms with van der Waals surface area (Å²) in [7, 11) is 0. The smallest absolute Gasteiger partial charge is 0.342 e. The van der Waals surface area contributed by atoms with Crippen molar-refractivity contribution in [2.24, 2.45) is 0 Å². The van der Waals surface area contributed by atoms with E-state index in [1.54, 1.807) is 36.4 Å². The number of ether oxygens (including phenoxy) is 2. The highest BCUT2D eigenvalue weighted by Crippen LogP contribution is 2.20. The second kappa shape index (κ2) is 11.0. The van der Waals surface area contributed by atoms with E-state index < -0.39 is 5.97 Å². The molecule has 5 nitrogen and oxygen atoms in total. The Bertz CT molecular complexity index is 746. The third kappa shape index (κ3) is 7.09. The van der Waals surface area contributed by atoms with Crippen LogP contribution < -0.4 is 10.1 Å². The molecule has 0 bridgehead atoms. The number of benzene rings is 2. The van der Waals surface area contributed by atoms with E-state index in [1.165, 1.54) is 12.1 Å². The molecule has 0 saturated heterocycles. The molecular formula is C21H24FNO4. The summed E-state index contributed by atoms with van der Waals surface area (Å²) < 4.78 is 23.7. The molecule has 144 valence electrons. The second-order valence-electron chi connectivity index (χ2n) is 6.04. The second-order valence-corrected chi connectivity index (χ2v) is 6.04. The van der Waals surface area contributed by atoms with Crippen molar-refractivity contribution >= 4 is 11.9 Å². The number of hydrogen-bond acceptors (Lipinski definition) is 4. The van der Waals surface area contributed by atoms with E-state index in [2.05, 4.69) is 12.2 Å². The topological polar surface area (TPSA) is 64.6 Å². The minimum atomic E-state index is -0.631. The molecule has 2 rings (SSSR count). The minimum Gasteiger partial charge on any atom is -0.488 e. The molecule has 0 heterocycles. The summed E-state index contributed by atoms with van der Waals surface area (Å²) in [6, 6.07) is 12.5. The van der Waals surface area contributed by atoms with Crippen molar-refractivity contribution in [3.63, 3.8) is 0 Å². The summed E-state index contributed by atoms with van der Waals surface area (Å²) in [5, 5.41) is 2.71. The van der Waals surface area contributed by atoms with Gasteiger partial charge in [-0.15, -0.1) is 0 Å². The number of amides is 1. The molecule has 1 amide bonds. The van der Waals surface area contributed by atoms with Gasteiger partial charge in [-0.2, -0.15) is 0 Å². The number of esters is 1. The van der Waals surface area contributed by atoms with E-state index in [0.717, 1.165) is 24.8 Å². The lowest BCUT2D eigenvalue weighted by atomic mass is 10.2. The zero-order valence-corrected chi connectivity index (χ0v) is 15.4. The van der Waals surface area contributed by atoms with Gasteiger partial charge in [0.1, 0.15) is 23.7 Å². The first-order valence-electron chi connectivity index (χ1n) is 9.00. The highest BCUT2D eigenvalue weighted by atomic mass is 19.1. The number of nitrogens with one attached hydrogen (secondary N) is 1. The third-order valence-electron chi connectivity index (χ3n) is 3.85. The number of para-hydroxylation sites is 1. The Labute approximate surface area is 158 Å². The summed E-state index contributed by atoms with van der Waals surface area (Å²) in [6.07, 6.45) is 3.01. The van der Waals surface area contributed by atoms with Crippen LogP contribution in [0.25, 0.3) is 0 Å². The third-order valence-corrected chi connectivity index (χ3v) is 3.85. The summed E-state index contributed by atoms with van der Waals surface area (Å²) in [5.74, 6) is -0.941. The van der Waals surface area contributed by atoms with Crippen molar-refractivity contribution < 1.29 is 23.5 Å². The zero-order chi connectivity index (χ0) is 19.5. The number of halogens is 1. The normalized spacial score (nSPS) is 10.3. The maximum absolute atomic E-state index is 13.0. The lowest BCUT2D eigenvalue weighted by molar-refractivity contribution is -0.124. The van der Waals surface area contributed by atoms with Crippen LogP contribution in [0.1, 0.15) is 42.1 Å². The number of unbranched alkanes of at least 4 members (excludes halogenated alkanes) is 2. The Morgan fingerprint density at radius 1 is 1.04 bits per heavy atom.